The van der Waals surface area contributed by atoms with Crippen molar-refractivity contribution in [2.24, 2.45) is 0 Å². The third-order valence-corrected chi connectivity index (χ3v) is 2.09. The molecule has 0 fully saturated rings. The van der Waals surface area contributed by atoms with E-state index >= 15 is 0 Å². The molecule has 1 N–H and O–H groups in total. The van der Waals surface area contributed by atoms with Gasteiger partial charge < -0.3 is 5.11 Å². The van der Waals surface area contributed by atoms with E-state index in [4.69, 9.17) is 5.11 Å². The Bertz CT molecular complexity index is 400. The van der Waals surface area contributed by atoms with Crippen molar-refractivity contribution in [2.45, 2.75) is 19.8 Å². The van der Waals surface area contributed by atoms with Crippen LogP contribution in [0.1, 0.15) is 17.5 Å². The molecule has 15 heavy (non-hydrogen) atoms. The molecular formula is C10H11NO4. The topological polar surface area (TPSA) is 80.4 Å². The average molecular weight is 209 g/mol. The summed E-state index contributed by atoms with van der Waals surface area (Å²) in [5, 5.41) is 19.0. The summed E-state index contributed by atoms with van der Waals surface area (Å²) in [5.74, 6) is -0.869. The van der Waals surface area contributed by atoms with E-state index in [1.807, 2.05) is 0 Å². The summed E-state index contributed by atoms with van der Waals surface area (Å²) in [6, 6.07) is 4.65. The second-order valence-corrected chi connectivity index (χ2v) is 3.27. The quantitative estimate of drug-likeness (QED) is 0.606. The van der Waals surface area contributed by atoms with Crippen LogP contribution in [0.3, 0.4) is 0 Å². The van der Waals surface area contributed by atoms with Gasteiger partial charge in [0, 0.05) is 18.1 Å². The Morgan fingerprint density at radius 1 is 1.53 bits per heavy atom. The first-order valence-corrected chi connectivity index (χ1v) is 4.46. The molecule has 5 nitrogen and oxygen atoms in total. The van der Waals surface area contributed by atoms with Gasteiger partial charge in [-0.1, -0.05) is 6.07 Å². The van der Waals surface area contributed by atoms with E-state index < -0.39 is 10.9 Å². The smallest absolute Gasteiger partial charge is 0.303 e. The molecule has 0 aliphatic rings. The van der Waals surface area contributed by atoms with Crippen LogP contribution < -0.4 is 0 Å². The number of nitro groups is 1. The van der Waals surface area contributed by atoms with Crippen molar-refractivity contribution < 1.29 is 14.8 Å². The molecule has 0 aliphatic carbocycles. The summed E-state index contributed by atoms with van der Waals surface area (Å²) in [6.45, 7) is 1.64. The number of hydrogen-bond donors (Lipinski definition) is 1. The molecule has 1 rings (SSSR count). The largest absolute Gasteiger partial charge is 0.481 e. The van der Waals surface area contributed by atoms with E-state index in [1.54, 1.807) is 19.1 Å². The van der Waals surface area contributed by atoms with Crippen LogP contribution >= 0.6 is 0 Å². The highest BCUT2D eigenvalue weighted by atomic mass is 16.6. The molecule has 0 bridgehead atoms. The normalized spacial score (nSPS) is 9.93. The first-order valence-electron chi connectivity index (χ1n) is 4.46. The Labute approximate surface area is 86.5 Å². The monoisotopic (exact) mass is 209 g/mol. The van der Waals surface area contributed by atoms with Gasteiger partial charge in [-0.25, -0.2) is 0 Å². The van der Waals surface area contributed by atoms with Gasteiger partial charge in [-0.3, -0.25) is 14.9 Å². The predicted molar refractivity (Wildman–Crippen MR) is 53.8 cm³/mol. The van der Waals surface area contributed by atoms with Crippen molar-refractivity contribution in [3.8, 4) is 0 Å². The van der Waals surface area contributed by atoms with Gasteiger partial charge >= 0.3 is 5.97 Å². The molecule has 0 spiro atoms. The molecule has 0 heterocycles. The first-order chi connectivity index (χ1) is 7.00. The van der Waals surface area contributed by atoms with Crippen molar-refractivity contribution >= 4 is 11.7 Å². The molecule has 5 heteroatoms. The number of rotatable bonds is 4. The Kier molecular flexibility index (Phi) is 3.38. The molecule has 0 saturated heterocycles. The molecule has 80 valence electrons. The minimum Gasteiger partial charge on any atom is -0.481 e. The average Bonchev–Trinajstić information content (AvgIpc) is 2.14. The molecule has 0 radical (unpaired) electrons. The highest BCUT2D eigenvalue weighted by Crippen LogP contribution is 2.19. The molecule has 0 atom stereocenters. The lowest BCUT2D eigenvalue weighted by Gasteiger charge is -2.01. The lowest BCUT2D eigenvalue weighted by atomic mass is 10.1. The van der Waals surface area contributed by atoms with Gasteiger partial charge in [-0.05, 0) is 25.0 Å². The molecule has 0 saturated carbocycles. The third kappa shape index (κ3) is 3.05. The van der Waals surface area contributed by atoms with E-state index in [0.717, 1.165) is 5.56 Å². The van der Waals surface area contributed by atoms with Crippen molar-refractivity contribution in [1.29, 1.82) is 0 Å². The minimum absolute atomic E-state index is 0.0389. The van der Waals surface area contributed by atoms with Gasteiger partial charge in [0.1, 0.15) is 0 Å². The van der Waals surface area contributed by atoms with Gasteiger partial charge in [-0.2, -0.15) is 0 Å². The molecule has 1 aromatic rings. The zero-order valence-corrected chi connectivity index (χ0v) is 8.27. The Balaban J connectivity index is 2.82. The maximum absolute atomic E-state index is 10.5. The highest BCUT2D eigenvalue weighted by Gasteiger charge is 2.10. The molecular weight excluding hydrogens is 198 g/mol. The zero-order valence-electron chi connectivity index (χ0n) is 8.27. The van der Waals surface area contributed by atoms with Crippen molar-refractivity contribution in [3.05, 3.63) is 39.4 Å². The number of carbonyl (C=O) groups is 1. The number of nitrogens with zero attached hydrogens (tertiary/aromatic N) is 1. The number of aliphatic carboxylic acids is 1. The number of hydrogen-bond acceptors (Lipinski definition) is 3. The number of benzene rings is 1. The number of aryl methyl sites for hydroxylation is 2. The summed E-state index contributed by atoms with van der Waals surface area (Å²) in [5.41, 5.74) is 1.43. The van der Waals surface area contributed by atoms with Crippen LogP contribution in [-0.2, 0) is 11.2 Å². The number of nitro benzene ring substituents is 1. The van der Waals surface area contributed by atoms with E-state index in [2.05, 4.69) is 0 Å². The number of carboxylic acid groups (broad SMARTS) is 1. The van der Waals surface area contributed by atoms with Crippen LogP contribution in [0.2, 0.25) is 0 Å². The molecule has 0 unspecified atom stereocenters. The van der Waals surface area contributed by atoms with Gasteiger partial charge in [0.25, 0.3) is 5.69 Å². The van der Waals surface area contributed by atoms with Crippen molar-refractivity contribution in [3.63, 3.8) is 0 Å². The summed E-state index contributed by atoms with van der Waals surface area (Å²) in [6.07, 6.45) is 0.436. The van der Waals surface area contributed by atoms with E-state index in [-0.39, 0.29) is 12.1 Å². The second kappa shape index (κ2) is 4.54. The highest BCUT2D eigenvalue weighted by molar-refractivity contribution is 5.67. The maximum Gasteiger partial charge on any atom is 0.303 e. The van der Waals surface area contributed by atoms with Crippen LogP contribution in [0.25, 0.3) is 0 Å². The fraction of sp³-hybridized carbons (Fsp3) is 0.300. The second-order valence-electron chi connectivity index (χ2n) is 3.27. The Morgan fingerprint density at radius 2 is 2.20 bits per heavy atom. The minimum atomic E-state index is -0.869. The third-order valence-electron chi connectivity index (χ3n) is 2.09. The molecule has 0 amide bonds. The predicted octanol–water partition coefficient (Wildman–Crippen LogP) is 1.92. The fourth-order valence-corrected chi connectivity index (χ4v) is 1.33. The van der Waals surface area contributed by atoms with Crippen LogP contribution in [0.15, 0.2) is 18.2 Å². The van der Waals surface area contributed by atoms with Gasteiger partial charge in [0.05, 0.1) is 4.92 Å². The fourth-order valence-electron chi connectivity index (χ4n) is 1.33. The van der Waals surface area contributed by atoms with E-state index in [1.165, 1.54) is 6.07 Å². The van der Waals surface area contributed by atoms with E-state index in [9.17, 15) is 14.9 Å². The van der Waals surface area contributed by atoms with Gasteiger partial charge in [-0.15, -0.1) is 0 Å². The molecule has 0 aliphatic heterocycles. The first kappa shape index (κ1) is 11.2. The molecule has 0 aromatic heterocycles. The lowest BCUT2D eigenvalue weighted by molar-refractivity contribution is -0.385. The van der Waals surface area contributed by atoms with E-state index in [0.29, 0.717) is 12.0 Å². The maximum atomic E-state index is 10.5. The molecule has 1 aromatic carbocycles. The summed E-state index contributed by atoms with van der Waals surface area (Å²) < 4.78 is 0. The Hall–Kier alpha value is -1.91. The van der Waals surface area contributed by atoms with Crippen molar-refractivity contribution in [2.75, 3.05) is 0 Å². The lowest BCUT2D eigenvalue weighted by Crippen LogP contribution is -1.98. The van der Waals surface area contributed by atoms with Gasteiger partial charge in [0.15, 0.2) is 0 Å². The van der Waals surface area contributed by atoms with Crippen LogP contribution in [0.4, 0.5) is 5.69 Å². The number of carboxylic acids is 1. The Morgan fingerprint density at radius 3 is 2.67 bits per heavy atom. The van der Waals surface area contributed by atoms with Crippen LogP contribution in [-0.4, -0.2) is 16.0 Å². The van der Waals surface area contributed by atoms with Gasteiger partial charge in [0.2, 0.25) is 0 Å². The summed E-state index contributed by atoms with van der Waals surface area (Å²) >= 11 is 0. The van der Waals surface area contributed by atoms with Crippen LogP contribution in [0.5, 0.6) is 0 Å². The zero-order chi connectivity index (χ0) is 11.4. The summed E-state index contributed by atoms with van der Waals surface area (Å²) in [7, 11) is 0. The van der Waals surface area contributed by atoms with Crippen molar-refractivity contribution in [1.82, 2.24) is 0 Å². The standard InChI is InChI=1S/C10H11NO4/c1-7-6-8(3-5-10(12)13)2-4-9(7)11(14)15/h2,4,6H,3,5H2,1H3,(H,12,13). The SMILES string of the molecule is Cc1cc(CCC(=O)O)ccc1[N+](=O)[O-]. The van der Waals surface area contributed by atoms with Crippen LogP contribution in [0, 0.1) is 17.0 Å². The summed E-state index contributed by atoms with van der Waals surface area (Å²) in [4.78, 5) is 20.4.